The fourth-order valence-electron chi connectivity index (χ4n) is 3.94. The Hall–Kier alpha value is -2.40. The molecule has 6 nitrogen and oxygen atoms in total. The summed E-state index contributed by atoms with van der Waals surface area (Å²) >= 11 is 0. The van der Waals surface area contributed by atoms with E-state index in [0.717, 1.165) is 12.0 Å². The van der Waals surface area contributed by atoms with Gasteiger partial charge in [0.1, 0.15) is 24.5 Å². The van der Waals surface area contributed by atoms with Crippen LogP contribution >= 0.6 is 0 Å². The van der Waals surface area contributed by atoms with E-state index in [2.05, 4.69) is 55.6 Å². The van der Waals surface area contributed by atoms with Crippen LogP contribution in [-0.2, 0) is 17.6 Å². The SMILES string of the molecule is CC(C)(Cc1ccc2ccccc2c1)NC[C@@H](O)COc1cc(CCCC(=O)O)ccc1C#N.[NaH]. The first-order valence-electron chi connectivity index (χ1n) is 11.5. The van der Waals surface area contributed by atoms with Crippen LogP contribution in [0.1, 0.15) is 43.4 Å². The van der Waals surface area contributed by atoms with Crippen LogP contribution < -0.4 is 10.1 Å². The van der Waals surface area contributed by atoms with E-state index < -0.39 is 12.1 Å². The summed E-state index contributed by atoms with van der Waals surface area (Å²) in [6.45, 7) is 4.60. The molecule has 0 aliphatic rings. The van der Waals surface area contributed by atoms with Gasteiger partial charge >= 0.3 is 35.5 Å². The molecule has 7 heteroatoms. The van der Waals surface area contributed by atoms with Gasteiger partial charge in [0.25, 0.3) is 0 Å². The second-order valence-corrected chi connectivity index (χ2v) is 9.28. The monoisotopic (exact) mass is 484 g/mol. The van der Waals surface area contributed by atoms with Crippen LogP contribution in [0.15, 0.2) is 60.7 Å². The van der Waals surface area contributed by atoms with Crippen LogP contribution in [0, 0.1) is 11.3 Å². The number of benzene rings is 3. The molecule has 0 bridgehead atoms. The van der Waals surface area contributed by atoms with Gasteiger partial charge in [0.05, 0.1) is 5.56 Å². The number of nitriles is 1. The van der Waals surface area contributed by atoms with Crippen LogP contribution in [0.25, 0.3) is 10.8 Å². The molecule has 3 aromatic rings. The van der Waals surface area contributed by atoms with E-state index in [-0.39, 0.29) is 48.1 Å². The summed E-state index contributed by atoms with van der Waals surface area (Å²) in [6.07, 6.45) is 1.25. The van der Waals surface area contributed by atoms with Gasteiger partial charge in [0.15, 0.2) is 0 Å². The molecule has 3 aromatic carbocycles. The van der Waals surface area contributed by atoms with Crippen molar-refractivity contribution in [2.75, 3.05) is 13.2 Å². The quantitative estimate of drug-likeness (QED) is 0.338. The third kappa shape index (κ3) is 9.29. The zero-order valence-corrected chi connectivity index (χ0v) is 19.8. The van der Waals surface area contributed by atoms with Crippen LogP contribution in [0.4, 0.5) is 0 Å². The van der Waals surface area contributed by atoms with Crippen LogP contribution in [-0.4, -0.2) is 70.5 Å². The third-order valence-electron chi connectivity index (χ3n) is 5.73. The summed E-state index contributed by atoms with van der Waals surface area (Å²) in [5.74, 6) is -0.422. The predicted molar refractivity (Wildman–Crippen MR) is 140 cm³/mol. The number of ether oxygens (including phenoxy) is 1. The minimum absolute atomic E-state index is 0. The summed E-state index contributed by atoms with van der Waals surface area (Å²) in [6, 6.07) is 22.1. The fourth-order valence-corrected chi connectivity index (χ4v) is 3.94. The van der Waals surface area contributed by atoms with Gasteiger partial charge in [-0.3, -0.25) is 4.79 Å². The van der Waals surface area contributed by atoms with Crippen molar-refractivity contribution in [2.24, 2.45) is 0 Å². The van der Waals surface area contributed by atoms with Gasteiger partial charge in [-0.2, -0.15) is 5.26 Å². The normalized spacial score (nSPS) is 11.9. The Bertz CT molecular complexity index is 1170. The fraction of sp³-hybridized carbons (Fsp3) is 0.357. The first kappa shape index (κ1) is 28.8. The second-order valence-electron chi connectivity index (χ2n) is 9.28. The number of aliphatic carboxylic acids is 1. The van der Waals surface area contributed by atoms with E-state index in [0.29, 0.717) is 30.7 Å². The topological polar surface area (TPSA) is 103 Å². The molecule has 0 saturated carbocycles. The molecule has 3 rings (SSSR count). The Morgan fingerprint density at radius 2 is 1.80 bits per heavy atom. The number of aryl methyl sites for hydroxylation is 1. The van der Waals surface area contributed by atoms with Crippen LogP contribution in [0.2, 0.25) is 0 Å². The maximum absolute atomic E-state index is 10.7. The molecular formula is C28H33N2NaO4. The van der Waals surface area contributed by atoms with Gasteiger partial charge in [-0.05, 0) is 67.1 Å². The summed E-state index contributed by atoms with van der Waals surface area (Å²) in [7, 11) is 0. The number of carboxylic acid groups (broad SMARTS) is 1. The molecule has 0 aliphatic heterocycles. The van der Waals surface area contributed by atoms with Crippen molar-refractivity contribution in [1.29, 1.82) is 5.26 Å². The molecule has 0 amide bonds. The molecule has 1 atom stereocenters. The Balaban J connectivity index is 0.00000432. The van der Waals surface area contributed by atoms with Gasteiger partial charge in [0.2, 0.25) is 0 Å². The number of fused-ring (bicyclic) bond motifs is 1. The number of carboxylic acids is 1. The third-order valence-corrected chi connectivity index (χ3v) is 5.73. The maximum atomic E-state index is 10.7. The van der Waals surface area contributed by atoms with E-state index in [1.807, 2.05) is 12.1 Å². The average molecular weight is 485 g/mol. The van der Waals surface area contributed by atoms with Gasteiger partial charge < -0.3 is 20.3 Å². The van der Waals surface area contributed by atoms with Crippen molar-refractivity contribution in [3.63, 3.8) is 0 Å². The Morgan fingerprint density at radius 1 is 1.09 bits per heavy atom. The average Bonchev–Trinajstić information content (AvgIpc) is 2.81. The summed E-state index contributed by atoms with van der Waals surface area (Å²) in [4.78, 5) is 10.7. The molecule has 0 saturated heterocycles. The van der Waals surface area contributed by atoms with Crippen LogP contribution in [0.5, 0.6) is 5.75 Å². The molecule has 0 aromatic heterocycles. The molecular weight excluding hydrogens is 451 g/mol. The zero-order valence-electron chi connectivity index (χ0n) is 19.8. The standard InChI is InChI=1S/C28H32N2O4.Na.H/c1-28(2,16-21-11-12-22-7-3-4-8-23(22)14-21)30-18-25(31)19-34-26-15-20(6-5-9-27(32)33)10-13-24(26)17-29;;/h3-4,7-8,10-15,25,30-31H,5-6,9,16,18-19H2,1-2H3,(H,32,33);;/t25-;;/m1../s1. The molecule has 0 unspecified atom stereocenters. The molecule has 0 spiro atoms. The number of rotatable bonds is 12. The van der Waals surface area contributed by atoms with Crippen LogP contribution in [0.3, 0.4) is 0 Å². The summed E-state index contributed by atoms with van der Waals surface area (Å²) in [5.41, 5.74) is 2.28. The van der Waals surface area contributed by atoms with Gasteiger partial charge in [0, 0.05) is 18.5 Å². The molecule has 0 heterocycles. The van der Waals surface area contributed by atoms with Crippen molar-refractivity contribution in [2.45, 2.75) is 51.2 Å². The molecule has 0 fully saturated rings. The Morgan fingerprint density at radius 3 is 2.51 bits per heavy atom. The van der Waals surface area contributed by atoms with Gasteiger partial charge in [-0.1, -0.05) is 48.5 Å². The first-order chi connectivity index (χ1) is 16.3. The van der Waals surface area contributed by atoms with E-state index in [4.69, 9.17) is 9.84 Å². The minimum atomic E-state index is -0.829. The second kappa shape index (κ2) is 13.6. The molecule has 0 radical (unpaired) electrons. The number of nitrogens with one attached hydrogen (secondary N) is 1. The van der Waals surface area contributed by atoms with E-state index in [9.17, 15) is 15.2 Å². The Labute approximate surface area is 229 Å². The Kier molecular flexibility index (Phi) is 11.2. The van der Waals surface area contributed by atoms with Gasteiger partial charge in [-0.15, -0.1) is 0 Å². The van der Waals surface area contributed by atoms with Crippen molar-refractivity contribution in [3.05, 3.63) is 77.4 Å². The molecule has 0 aliphatic carbocycles. The van der Waals surface area contributed by atoms with Gasteiger partial charge in [-0.25, -0.2) is 0 Å². The number of aliphatic hydroxyl groups excluding tert-OH is 1. The number of aliphatic hydroxyl groups is 1. The zero-order chi connectivity index (χ0) is 24.6. The predicted octanol–water partition coefficient (Wildman–Crippen LogP) is 3.82. The number of hydrogen-bond acceptors (Lipinski definition) is 5. The number of nitrogens with zero attached hydrogens (tertiary/aromatic N) is 1. The van der Waals surface area contributed by atoms with Crippen molar-refractivity contribution in [3.8, 4) is 11.8 Å². The summed E-state index contributed by atoms with van der Waals surface area (Å²) < 4.78 is 5.76. The van der Waals surface area contributed by atoms with Crippen molar-refractivity contribution < 1.29 is 19.7 Å². The van der Waals surface area contributed by atoms with Crippen molar-refractivity contribution in [1.82, 2.24) is 5.32 Å². The molecule has 35 heavy (non-hydrogen) atoms. The van der Waals surface area contributed by atoms with E-state index in [1.165, 1.54) is 16.3 Å². The first-order valence-corrected chi connectivity index (χ1v) is 11.5. The van der Waals surface area contributed by atoms with E-state index in [1.54, 1.807) is 18.2 Å². The molecule has 180 valence electrons. The van der Waals surface area contributed by atoms with Crippen molar-refractivity contribution >= 4 is 46.3 Å². The van der Waals surface area contributed by atoms with E-state index >= 15 is 0 Å². The number of hydrogen-bond donors (Lipinski definition) is 3. The summed E-state index contributed by atoms with van der Waals surface area (Å²) in [5, 5.41) is 34.5. The number of carbonyl (C=O) groups is 1. The molecule has 3 N–H and O–H groups in total. The number of β-amino-alcohol motifs (C(OH)–C–C–N with tert-alkyl or cyclic N) is 1.